The first-order valence-electron chi connectivity index (χ1n) is 11.3. The van der Waals surface area contributed by atoms with Crippen LogP contribution >= 0.6 is 0 Å². The second kappa shape index (κ2) is 9.11. The van der Waals surface area contributed by atoms with E-state index in [2.05, 4.69) is 16.8 Å². The number of nitrogens with zero attached hydrogens (tertiary/aromatic N) is 4. The maximum Gasteiger partial charge on any atom is 0.298 e. The number of halogens is 1. The number of anilines is 1. The first-order chi connectivity index (χ1) is 16.9. The molecule has 176 valence electrons. The van der Waals surface area contributed by atoms with Gasteiger partial charge in [0.25, 0.3) is 5.91 Å². The minimum absolute atomic E-state index is 0.120. The molecule has 1 aliphatic carbocycles. The van der Waals surface area contributed by atoms with Gasteiger partial charge in [-0.3, -0.25) is 9.48 Å². The number of hydrogen-bond acceptors (Lipinski definition) is 5. The van der Waals surface area contributed by atoms with Crippen LogP contribution in [0.5, 0.6) is 11.5 Å². The molecule has 2 aromatic carbocycles. The van der Waals surface area contributed by atoms with Crippen LogP contribution in [0.4, 0.5) is 10.2 Å². The number of nitrogen functional groups attached to an aromatic ring is 1. The summed E-state index contributed by atoms with van der Waals surface area (Å²) in [6.45, 7) is 1.66. The molecule has 1 amide bonds. The van der Waals surface area contributed by atoms with Crippen molar-refractivity contribution in [3.05, 3.63) is 66.6 Å². The molecule has 2 heterocycles. The highest BCUT2D eigenvalue weighted by Crippen LogP contribution is 2.40. The predicted octanol–water partition coefficient (Wildman–Crippen LogP) is 4.80. The maximum absolute atomic E-state index is 13.5. The Morgan fingerprint density at radius 3 is 2.66 bits per heavy atom. The van der Waals surface area contributed by atoms with Crippen LogP contribution in [0, 0.1) is 17.7 Å². The topological polar surface area (TPSA) is 86.3 Å². The highest BCUT2D eigenvalue weighted by Gasteiger charge is 2.36. The first kappa shape index (κ1) is 22.4. The molecule has 0 saturated heterocycles. The van der Waals surface area contributed by atoms with Gasteiger partial charge in [0.2, 0.25) is 0 Å². The fourth-order valence-corrected chi connectivity index (χ4v) is 4.38. The quantitative estimate of drug-likeness (QED) is 0.425. The summed E-state index contributed by atoms with van der Waals surface area (Å²) >= 11 is 0. The lowest BCUT2D eigenvalue weighted by atomic mass is 9.85. The predicted molar refractivity (Wildman–Crippen MR) is 132 cm³/mol. The monoisotopic (exact) mass is 469 g/mol. The Morgan fingerprint density at radius 2 is 1.94 bits per heavy atom. The summed E-state index contributed by atoms with van der Waals surface area (Å²) in [5.41, 5.74) is 8.76. The molecule has 1 saturated carbocycles. The number of hydrogen-bond donors (Lipinski definition) is 1. The molecule has 0 unspecified atom stereocenters. The molecule has 0 atom stereocenters. The number of rotatable bonds is 5. The van der Waals surface area contributed by atoms with Crippen LogP contribution in [0.3, 0.4) is 0 Å². The highest BCUT2D eigenvalue weighted by molar-refractivity contribution is 6.00. The van der Waals surface area contributed by atoms with Crippen LogP contribution in [0.1, 0.15) is 25.8 Å². The van der Waals surface area contributed by atoms with Crippen molar-refractivity contribution in [2.75, 3.05) is 12.8 Å². The molecule has 8 heteroatoms. The number of amides is 1. The SMILES string of the molecule is CC#CC(=O)N(C)[C@H]1C[C@@H](n2nc(-c3ccc(Oc4cccc(F)c4)cc3)c3c(N)nccc32)C1. The Bertz CT molecular complexity index is 1460. The van der Waals surface area contributed by atoms with Gasteiger partial charge in [-0.1, -0.05) is 12.0 Å². The summed E-state index contributed by atoms with van der Waals surface area (Å²) in [5.74, 6) is 6.15. The van der Waals surface area contributed by atoms with Crippen molar-refractivity contribution in [1.82, 2.24) is 19.7 Å². The molecule has 4 aromatic rings. The van der Waals surface area contributed by atoms with E-state index >= 15 is 0 Å². The number of nitrogens with two attached hydrogens (primary N) is 1. The summed E-state index contributed by atoms with van der Waals surface area (Å²) < 4.78 is 21.2. The second-order valence-electron chi connectivity index (χ2n) is 8.54. The number of aromatic nitrogens is 3. The van der Waals surface area contributed by atoms with E-state index in [9.17, 15) is 9.18 Å². The fraction of sp³-hybridized carbons (Fsp3) is 0.222. The van der Waals surface area contributed by atoms with Crippen LogP contribution in [0.15, 0.2) is 60.8 Å². The first-order valence-corrected chi connectivity index (χ1v) is 11.3. The third-order valence-electron chi connectivity index (χ3n) is 6.34. The van der Waals surface area contributed by atoms with E-state index in [1.54, 1.807) is 37.2 Å². The molecule has 5 rings (SSSR count). The average Bonchev–Trinajstić information content (AvgIpc) is 3.19. The molecular weight excluding hydrogens is 445 g/mol. The molecule has 0 bridgehead atoms. The molecule has 2 aromatic heterocycles. The number of fused-ring (bicyclic) bond motifs is 1. The van der Waals surface area contributed by atoms with Gasteiger partial charge in [-0.25, -0.2) is 9.37 Å². The molecule has 35 heavy (non-hydrogen) atoms. The van der Waals surface area contributed by atoms with E-state index in [1.165, 1.54) is 12.1 Å². The second-order valence-corrected chi connectivity index (χ2v) is 8.54. The Labute approximate surface area is 202 Å². The van der Waals surface area contributed by atoms with Gasteiger partial charge in [0.1, 0.15) is 28.8 Å². The number of pyridine rings is 1. The zero-order chi connectivity index (χ0) is 24.5. The van der Waals surface area contributed by atoms with Crippen LogP contribution in [-0.4, -0.2) is 38.7 Å². The third kappa shape index (κ3) is 4.28. The number of ether oxygens (including phenoxy) is 1. The van der Waals surface area contributed by atoms with E-state index in [0.29, 0.717) is 17.3 Å². The van der Waals surface area contributed by atoms with Gasteiger partial charge in [0.15, 0.2) is 0 Å². The molecule has 0 spiro atoms. The normalized spacial score (nSPS) is 16.8. The lowest BCUT2D eigenvalue weighted by Gasteiger charge is -2.40. The van der Waals surface area contributed by atoms with Crippen LogP contribution < -0.4 is 10.5 Å². The van der Waals surface area contributed by atoms with Gasteiger partial charge in [-0.05, 0) is 68.2 Å². The van der Waals surface area contributed by atoms with Crippen molar-refractivity contribution in [3.8, 4) is 34.6 Å². The van der Waals surface area contributed by atoms with Crippen molar-refractivity contribution >= 4 is 22.6 Å². The molecular formula is C27H24FN5O2. The van der Waals surface area contributed by atoms with Crippen molar-refractivity contribution < 1.29 is 13.9 Å². The Balaban J connectivity index is 1.41. The summed E-state index contributed by atoms with van der Waals surface area (Å²) in [7, 11) is 1.79. The van der Waals surface area contributed by atoms with Crippen LogP contribution in [-0.2, 0) is 4.79 Å². The largest absolute Gasteiger partial charge is 0.457 e. The van der Waals surface area contributed by atoms with Crippen molar-refractivity contribution in [2.45, 2.75) is 31.8 Å². The molecule has 2 N–H and O–H groups in total. The molecule has 0 aliphatic heterocycles. The van der Waals surface area contributed by atoms with Gasteiger partial charge in [0, 0.05) is 30.9 Å². The number of carbonyl (C=O) groups is 1. The van der Waals surface area contributed by atoms with E-state index < -0.39 is 0 Å². The zero-order valence-electron chi connectivity index (χ0n) is 19.4. The molecule has 7 nitrogen and oxygen atoms in total. The summed E-state index contributed by atoms with van der Waals surface area (Å²) in [4.78, 5) is 18.1. The molecule has 1 fully saturated rings. The standard InChI is InChI=1S/C27H24FN5O2/c1-3-5-24(34)32(2)19-15-20(16-19)33-23-12-13-30-27(29)25(23)26(31-33)17-8-10-21(11-9-17)35-22-7-4-6-18(28)14-22/h4,6-14,19-20H,15-16H2,1-2H3,(H2,29,30)/t19-,20+. The summed E-state index contributed by atoms with van der Waals surface area (Å²) in [5, 5.41) is 5.71. The van der Waals surface area contributed by atoms with E-state index in [1.807, 2.05) is 35.0 Å². The van der Waals surface area contributed by atoms with E-state index in [-0.39, 0.29) is 23.8 Å². The summed E-state index contributed by atoms with van der Waals surface area (Å²) in [6, 6.07) is 15.6. The maximum atomic E-state index is 13.5. The third-order valence-corrected chi connectivity index (χ3v) is 6.34. The summed E-state index contributed by atoms with van der Waals surface area (Å²) in [6.07, 6.45) is 3.25. The smallest absolute Gasteiger partial charge is 0.298 e. The van der Waals surface area contributed by atoms with Crippen LogP contribution in [0.25, 0.3) is 22.2 Å². The minimum Gasteiger partial charge on any atom is -0.457 e. The Morgan fingerprint density at radius 1 is 1.17 bits per heavy atom. The highest BCUT2D eigenvalue weighted by atomic mass is 19.1. The van der Waals surface area contributed by atoms with E-state index in [0.717, 1.165) is 35.0 Å². The minimum atomic E-state index is -0.355. The van der Waals surface area contributed by atoms with Gasteiger partial charge < -0.3 is 15.4 Å². The van der Waals surface area contributed by atoms with Crippen molar-refractivity contribution in [2.24, 2.45) is 0 Å². The van der Waals surface area contributed by atoms with Gasteiger partial charge >= 0.3 is 0 Å². The lowest BCUT2D eigenvalue weighted by molar-refractivity contribution is -0.128. The average molecular weight is 470 g/mol. The zero-order valence-corrected chi connectivity index (χ0v) is 19.4. The van der Waals surface area contributed by atoms with Crippen LogP contribution in [0.2, 0.25) is 0 Å². The van der Waals surface area contributed by atoms with Gasteiger partial charge in [0.05, 0.1) is 16.9 Å². The lowest BCUT2D eigenvalue weighted by Crippen LogP contribution is -2.46. The van der Waals surface area contributed by atoms with Crippen molar-refractivity contribution in [3.63, 3.8) is 0 Å². The van der Waals surface area contributed by atoms with Gasteiger partial charge in [-0.15, -0.1) is 0 Å². The van der Waals surface area contributed by atoms with E-state index in [4.69, 9.17) is 15.6 Å². The molecule has 1 aliphatic rings. The van der Waals surface area contributed by atoms with Gasteiger partial charge in [-0.2, -0.15) is 5.10 Å². The fourth-order valence-electron chi connectivity index (χ4n) is 4.38. The van der Waals surface area contributed by atoms with Crippen molar-refractivity contribution in [1.29, 1.82) is 0 Å². The molecule has 0 radical (unpaired) electrons. The Hall–Kier alpha value is -4.38. The number of carbonyl (C=O) groups excluding carboxylic acids is 1. The Kier molecular flexibility index (Phi) is 5.83. The number of benzene rings is 2.